The maximum Gasteiger partial charge on any atom is 0.500 e. The van der Waals surface area contributed by atoms with E-state index in [2.05, 4.69) is 0 Å². The molecule has 0 rings (SSSR count). The standard InChI is InChI=1S/C13H22F9NO5SSi/c1-5-7-23(8-6-9-30(26-2,27-3)28-4)29(24,25)13(21,22)11(16,17)10(14,15)12(18,19)20/h5-9H2,1-4H3. The summed E-state index contributed by atoms with van der Waals surface area (Å²) in [4.78, 5) is 0. The molecule has 0 aliphatic carbocycles. The first-order chi connectivity index (χ1) is 13.3. The smallest absolute Gasteiger partial charge is 0.377 e. The lowest BCUT2D eigenvalue weighted by molar-refractivity contribution is -0.382. The second kappa shape index (κ2) is 9.89. The van der Waals surface area contributed by atoms with Gasteiger partial charge in [-0.15, -0.1) is 0 Å². The van der Waals surface area contributed by atoms with Gasteiger partial charge in [0.1, 0.15) is 0 Å². The average Bonchev–Trinajstić information content (AvgIpc) is 2.63. The molecule has 0 atom stereocenters. The maximum atomic E-state index is 14.0. The van der Waals surface area contributed by atoms with Gasteiger partial charge in [0.2, 0.25) is 0 Å². The van der Waals surface area contributed by atoms with Crippen LogP contribution >= 0.6 is 0 Å². The van der Waals surface area contributed by atoms with E-state index in [1.165, 1.54) is 28.3 Å². The second-order valence-electron chi connectivity index (χ2n) is 5.97. The Kier molecular flexibility index (Phi) is 9.68. The summed E-state index contributed by atoms with van der Waals surface area (Å²) in [6, 6.07) is -0.188. The Morgan fingerprint density at radius 2 is 1.23 bits per heavy atom. The molecule has 0 aliphatic rings. The van der Waals surface area contributed by atoms with Gasteiger partial charge in [0.25, 0.3) is 10.0 Å². The predicted molar refractivity (Wildman–Crippen MR) is 87.9 cm³/mol. The molecule has 0 radical (unpaired) electrons. The van der Waals surface area contributed by atoms with E-state index in [1.54, 1.807) is 0 Å². The molecule has 0 fully saturated rings. The first kappa shape index (κ1) is 29.4. The van der Waals surface area contributed by atoms with Gasteiger partial charge >= 0.3 is 32.1 Å². The average molecular weight is 503 g/mol. The lowest BCUT2D eigenvalue weighted by Gasteiger charge is -2.35. The SMILES string of the molecule is CCCN(CCC[Si](OC)(OC)OC)S(=O)(=O)C(F)(F)C(F)(F)C(F)(F)C(F)(F)F. The number of nitrogens with zero attached hydrogens (tertiary/aromatic N) is 1. The minimum Gasteiger partial charge on any atom is -0.377 e. The van der Waals surface area contributed by atoms with Gasteiger partial charge < -0.3 is 13.3 Å². The third kappa shape index (κ3) is 5.23. The molecular weight excluding hydrogens is 481 g/mol. The molecule has 0 bridgehead atoms. The molecule has 0 spiro atoms. The van der Waals surface area contributed by atoms with E-state index in [0.29, 0.717) is 0 Å². The first-order valence-electron chi connectivity index (χ1n) is 8.20. The molecule has 0 saturated heterocycles. The highest BCUT2D eigenvalue weighted by Gasteiger charge is 2.85. The highest BCUT2D eigenvalue weighted by molar-refractivity contribution is 7.90. The highest BCUT2D eigenvalue weighted by atomic mass is 32.2. The normalized spacial score (nSPS) is 15.1. The van der Waals surface area contributed by atoms with Crippen LogP contribution in [-0.4, -0.2) is 79.2 Å². The molecule has 0 N–H and O–H groups in total. The van der Waals surface area contributed by atoms with Gasteiger partial charge in [-0.2, -0.15) is 43.8 Å². The number of rotatable bonds is 13. The zero-order valence-electron chi connectivity index (χ0n) is 16.3. The Morgan fingerprint density at radius 1 is 0.800 bits per heavy atom. The summed E-state index contributed by atoms with van der Waals surface area (Å²) in [5.74, 6) is -14.6. The van der Waals surface area contributed by atoms with Crippen LogP contribution in [0.1, 0.15) is 19.8 Å². The van der Waals surface area contributed by atoms with Crippen LogP contribution in [0.2, 0.25) is 6.04 Å². The van der Waals surface area contributed by atoms with Crippen molar-refractivity contribution in [2.24, 2.45) is 0 Å². The van der Waals surface area contributed by atoms with Crippen molar-refractivity contribution < 1.29 is 61.2 Å². The third-order valence-corrected chi connectivity index (χ3v) is 8.86. The molecule has 0 unspecified atom stereocenters. The largest absolute Gasteiger partial charge is 0.500 e. The van der Waals surface area contributed by atoms with Crippen LogP contribution in [-0.2, 0) is 23.3 Å². The van der Waals surface area contributed by atoms with Crippen LogP contribution < -0.4 is 0 Å². The summed E-state index contributed by atoms with van der Waals surface area (Å²) in [7, 11) is -6.45. The molecule has 0 amide bonds. The van der Waals surface area contributed by atoms with Gasteiger partial charge in [-0.3, -0.25) is 0 Å². The van der Waals surface area contributed by atoms with Gasteiger partial charge in [0.15, 0.2) is 0 Å². The van der Waals surface area contributed by atoms with Crippen molar-refractivity contribution in [3.8, 4) is 0 Å². The third-order valence-electron chi connectivity index (χ3n) is 4.08. The number of sulfonamides is 1. The van der Waals surface area contributed by atoms with Crippen molar-refractivity contribution in [1.82, 2.24) is 4.31 Å². The van der Waals surface area contributed by atoms with Gasteiger partial charge in [0.05, 0.1) is 0 Å². The topological polar surface area (TPSA) is 65.1 Å². The van der Waals surface area contributed by atoms with E-state index < -0.39 is 55.2 Å². The number of hydrogen-bond donors (Lipinski definition) is 0. The number of alkyl halides is 9. The number of halogens is 9. The Bertz CT molecular complexity index is 648. The predicted octanol–water partition coefficient (Wildman–Crippen LogP) is 3.72. The van der Waals surface area contributed by atoms with Crippen molar-refractivity contribution in [2.75, 3.05) is 34.4 Å². The van der Waals surface area contributed by atoms with Crippen molar-refractivity contribution in [3.63, 3.8) is 0 Å². The molecule has 0 heterocycles. The molecule has 0 aromatic rings. The fourth-order valence-corrected chi connectivity index (χ4v) is 5.59. The maximum absolute atomic E-state index is 14.0. The lowest BCUT2D eigenvalue weighted by Crippen LogP contribution is -2.65. The van der Waals surface area contributed by atoms with Crippen LogP contribution in [0, 0.1) is 0 Å². The summed E-state index contributed by atoms with van der Waals surface area (Å²) < 4.78 is 157. The zero-order chi connectivity index (χ0) is 24.2. The zero-order valence-corrected chi connectivity index (χ0v) is 18.2. The van der Waals surface area contributed by atoms with E-state index in [0.717, 1.165) is 0 Å². The first-order valence-corrected chi connectivity index (χ1v) is 11.6. The Morgan fingerprint density at radius 3 is 1.57 bits per heavy atom. The summed E-state index contributed by atoms with van der Waals surface area (Å²) in [5, 5.41) is -6.76. The molecule has 17 heteroatoms. The molecule has 0 aromatic carbocycles. The highest BCUT2D eigenvalue weighted by Crippen LogP contribution is 2.55. The molecular formula is C13H22F9NO5SSi. The van der Waals surface area contributed by atoms with Crippen molar-refractivity contribution in [2.45, 2.75) is 49.1 Å². The van der Waals surface area contributed by atoms with Crippen LogP contribution in [0.3, 0.4) is 0 Å². The van der Waals surface area contributed by atoms with Crippen LogP contribution in [0.5, 0.6) is 0 Å². The monoisotopic (exact) mass is 503 g/mol. The quantitative estimate of drug-likeness (QED) is 0.283. The molecule has 182 valence electrons. The Balaban J connectivity index is 5.94. The van der Waals surface area contributed by atoms with Crippen molar-refractivity contribution in [1.29, 1.82) is 0 Å². The minimum absolute atomic E-state index is 0.188. The summed E-state index contributed by atoms with van der Waals surface area (Å²) in [6.45, 7) is -0.501. The van der Waals surface area contributed by atoms with E-state index in [9.17, 15) is 47.9 Å². The summed E-state index contributed by atoms with van der Waals surface area (Å²) in [6.07, 6.45) is -7.71. The van der Waals surface area contributed by atoms with Crippen LogP contribution in [0.25, 0.3) is 0 Å². The Hall–Kier alpha value is -0.623. The fourth-order valence-electron chi connectivity index (χ4n) is 2.31. The molecule has 0 aromatic heterocycles. The summed E-state index contributed by atoms with van der Waals surface area (Å²) >= 11 is 0. The summed E-state index contributed by atoms with van der Waals surface area (Å²) in [5.41, 5.74) is 0. The second-order valence-corrected chi connectivity index (χ2v) is 11.0. The van der Waals surface area contributed by atoms with Gasteiger partial charge in [-0.05, 0) is 12.8 Å². The van der Waals surface area contributed by atoms with Crippen LogP contribution in [0.15, 0.2) is 0 Å². The van der Waals surface area contributed by atoms with Gasteiger partial charge in [-0.25, -0.2) is 8.42 Å². The van der Waals surface area contributed by atoms with Gasteiger partial charge in [-0.1, -0.05) is 6.92 Å². The molecule has 0 saturated carbocycles. The van der Waals surface area contributed by atoms with Crippen molar-refractivity contribution in [3.05, 3.63) is 0 Å². The van der Waals surface area contributed by atoms with E-state index in [1.807, 2.05) is 0 Å². The minimum atomic E-state index is -7.31. The number of hydrogen-bond acceptors (Lipinski definition) is 5. The lowest BCUT2D eigenvalue weighted by atomic mass is 10.1. The van der Waals surface area contributed by atoms with Crippen LogP contribution in [0.4, 0.5) is 39.5 Å². The molecule has 30 heavy (non-hydrogen) atoms. The van der Waals surface area contributed by atoms with Crippen molar-refractivity contribution >= 4 is 18.8 Å². The Labute approximate surface area is 168 Å². The van der Waals surface area contributed by atoms with E-state index in [4.69, 9.17) is 13.3 Å². The van der Waals surface area contributed by atoms with E-state index >= 15 is 0 Å². The molecule has 6 nitrogen and oxygen atoms in total. The van der Waals surface area contributed by atoms with Gasteiger partial charge in [0, 0.05) is 40.5 Å². The fraction of sp³-hybridized carbons (Fsp3) is 1.00. The van der Waals surface area contributed by atoms with E-state index in [-0.39, 0.29) is 23.2 Å². The molecule has 0 aliphatic heterocycles.